The second kappa shape index (κ2) is 5.74. The highest BCUT2D eigenvalue weighted by Gasteiger charge is 2.18. The normalized spacial score (nSPS) is 12.4. The van der Waals surface area contributed by atoms with Crippen LogP contribution < -0.4 is 0 Å². The van der Waals surface area contributed by atoms with E-state index < -0.39 is 11.9 Å². The molecule has 0 saturated carbocycles. The lowest BCUT2D eigenvalue weighted by atomic mass is 10.0. The molecule has 0 amide bonds. The number of aliphatic hydroxyl groups excluding tert-OH is 1. The summed E-state index contributed by atoms with van der Waals surface area (Å²) in [5.41, 5.74) is 0.746. The lowest BCUT2D eigenvalue weighted by Gasteiger charge is -2.14. The molecule has 0 aliphatic rings. The molecule has 1 atom stereocenters. The van der Waals surface area contributed by atoms with Crippen molar-refractivity contribution in [2.24, 2.45) is 0 Å². The summed E-state index contributed by atoms with van der Waals surface area (Å²) >= 11 is 7.54. The van der Waals surface area contributed by atoms with E-state index in [1.807, 2.05) is 18.4 Å². The minimum absolute atomic E-state index is 0.121. The summed E-state index contributed by atoms with van der Waals surface area (Å²) in [6.07, 6.45) is 0.925. The van der Waals surface area contributed by atoms with E-state index in [-0.39, 0.29) is 10.6 Å². The molecule has 1 nitrogen and oxygen atoms in total. The molecule has 1 N–H and O–H groups in total. The van der Waals surface area contributed by atoms with Crippen LogP contribution >= 0.6 is 23.4 Å². The number of hydrogen-bond acceptors (Lipinski definition) is 2. The molecule has 0 fully saturated rings. The Balaban J connectivity index is 2.38. The van der Waals surface area contributed by atoms with Gasteiger partial charge in [0.05, 0.1) is 0 Å². The summed E-state index contributed by atoms with van der Waals surface area (Å²) in [5, 5.41) is 10.4. The number of hydrogen-bond donors (Lipinski definition) is 1. The van der Waals surface area contributed by atoms with Gasteiger partial charge < -0.3 is 5.11 Å². The van der Waals surface area contributed by atoms with Gasteiger partial charge in [-0.2, -0.15) is 0 Å². The van der Waals surface area contributed by atoms with E-state index in [4.69, 9.17) is 11.6 Å². The maximum absolute atomic E-state index is 13.7. The van der Waals surface area contributed by atoms with Gasteiger partial charge in [-0.3, -0.25) is 0 Å². The summed E-state index contributed by atoms with van der Waals surface area (Å²) in [6.45, 7) is 0. The first-order valence-corrected chi connectivity index (χ1v) is 6.99. The average Bonchev–Trinajstić information content (AvgIpc) is 2.38. The molecule has 0 radical (unpaired) electrons. The lowest BCUT2D eigenvalue weighted by molar-refractivity contribution is 0.215. The van der Waals surface area contributed by atoms with E-state index in [0.717, 1.165) is 4.90 Å². The first-order valence-electron chi connectivity index (χ1n) is 5.39. The second-order valence-corrected chi connectivity index (χ2v) is 5.10. The molecule has 18 heavy (non-hydrogen) atoms. The van der Waals surface area contributed by atoms with Crippen LogP contribution in [0.3, 0.4) is 0 Å². The van der Waals surface area contributed by atoms with E-state index >= 15 is 0 Å². The predicted molar refractivity (Wildman–Crippen MR) is 73.7 cm³/mol. The second-order valence-electron chi connectivity index (χ2n) is 3.81. The van der Waals surface area contributed by atoms with Gasteiger partial charge in [-0.05, 0) is 36.1 Å². The number of benzene rings is 2. The van der Waals surface area contributed by atoms with E-state index in [1.165, 1.54) is 12.1 Å². The zero-order chi connectivity index (χ0) is 13.1. The van der Waals surface area contributed by atoms with Crippen molar-refractivity contribution in [3.05, 3.63) is 64.4 Å². The Bertz CT molecular complexity index is 522. The summed E-state index contributed by atoms with van der Waals surface area (Å²) in [6, 6.07) is 11.7. The lowest BCUT2D eigenvalue weighted by Crippen LogP contribution is -2.03. The fourth-order valence-electron chi connectivity index (χ4n) is 1.72. The van der Waals surface area contributed by atoms with Crippen molar-refractivity contribution < 1.29 is 9.50 Å². The highest BCUT2D eigenvalue weighted by Crippen LogP contribution is 2.31. The molecule has 1 unspecified atom stereocenters. The predicted octanol–water partition coefficient (Wildman–Crippen LogP) is 4.28. The third-order valence-electron chi connectivity index (χ3n) is 2.70. The van der Waals surface area contributed by atoms with Crippen LogP contribution in [0.1, 0.15) is 17.2 Å². The van der Waals surface area contributed by atoms with Gasteiger partial charge in [-0.1, -0.05) is 29.8 Å². The summed E-state index contributed by atoms with van der Waals surface area (Å²) in [4.78, 5) is 1.09. The largest absolute Gasteiger partial charge is 0.383 e. The Morgan fingerprint density at radius 3 is 2.39 bits per heavy atom. The molecule has 0 aliphatic heterocycles. The zero-order valence-corrected chi connectivity index (χ0v) is 11.3. The Morgan fingerprint density at radius 2 is 1.83 bits per heavy atom. The molecule has 0 heterocycles. The van der Waals surface area contributed by atoms with E-state index in [0.29, 0.717) is 5.56 Å². The molecule has 2 aromatic rings. The quantitative estimate of drug-likeness (QED) is 0.848. The molecule has 0 aromatic heterocycles. The Kier molecular flexibility index (Phi) is 4.27. The fraction of sp³-hybridized carbons (Fsp3) is 0.143. The maximum atomic E-state index is 13.7. The Hall–Kier alpha value is -1.03. The molecule has 0 spiro atoms. The van der Waals surface area contributed by atoms with Crippen molar-refractivity contribution in [1.29, 1.82) is 0 Å². The monoisotopic (exact) mass is 282 g/mol. The summed E-state index contributed by atoms with van der Waals surface area (Å²) in [7, 11) is 0. The van der Waals surface area contributed by atoms with Crippen molar-refractivity contribution in [2.45, 2.75) is 11.0 Å². The van der Waals surface area contributed by atoms with Gasteiger partial charge in [0, 0.05) is 15.5 Å². The molecule has 94 valence electrons. The third kappa shape index (κ3) is 2.69. The van der Waals surface area contributed by atoms with Crippen molar-refractivity contribution in [3.63, 3.8) is 0 Å². The van der Waals surface area contributed by atoms with Crippen LogP contribution in [0, 0.1) is 5.82 Å². The number of halogens is 2. The van der Waals surface area contributed by atoms with E-state index in [2.05, 4.69) is 0 Å². The first kappa shape index (κ1) is 13.4. The van der Waals surface area contributed by atoms with Crippen LogP contribution in [0.2, 0.25) is 5.02 Å². The van der Waals surface area contributed by atoms with Crippen molar-refractivity contribution in [3.8, 4) is 0 Å². The van der Waals surface area contributed by atoms with Gasteiger partial charge in [0.2, 0.25) is 0 Å². The number of aliphatic hydroxyl groups is 1. The van der Waals surface area contributed by atoms with Crippen LogP contribution in [-0.2, 0) is 0 Å². The van der Waals surface area contributed by atoms with Crippen molar-refractivity contribution in [2.75, 3.05) is 6.26 Å². The Labute approximate surface area is 115 Å². The topological polar surface area (TPSA) is 20.2 Å². The van der Waals surface area contributed by atoms with Gasteiger partial charge in [-0.25, -0.2) is 4.39 Å². The Morgan fingerprint density at radius 1 is 1.17 bits per heavy atom. The molecule has 0 saturated heterocycles. The SMILES string of the molecule is CSc1ccc(C(O)c2c(F)cccc2Cl)cc1. The van der Waals surface area contributed by atoms with Crippen LogP contribution in [0.4, 0.5) is 4.39 Å². The zero-order valence-electron chi connectivity index (χ0n) is 9.73. The van der Waals surface area contributed by atoms with Crippen LogP contribution in [0.25, 0.3) is 0 Å². The maximum Gasteiger partial charge on any atom is 0.130 e. The summed E-state index contributed by atoms with van der Waals surface area (Å²) in [5.74, 6) is -0.496. The highest BCUT2D eigenvalue weighted by atomic mass is 35.5. The summed E-state index contributed by atoms with van der Waals surface area (Å²) < 4.78 is 13.7. The standard InChI is InChI=1S/C14H12ClFOS/c1-18-10-7-5-9(6-8-10)14(17)13-11(15)3-2-4-12(13)16/h2-8,14,17H,1H3. The molecule has 2 aromatic carbocycles. The van der Waals surface area contributed by atoms with Gasteiger partial charge in [0.25, 0.3) is 0 Å². The minimum atomic E-state index is -1.05. The molecule has 0 bridgehead atoms. The average molecular weight is 283 g/mol. The van der Waals surface area contributed by atoms with Gasteiger partial charge in [-0.15, -0.1) is 11.8 Å². The van der Waals surface area contributed by atoms with Crippen molar-refractivity contribution in [1.82, 2.24) is 0 Å². The highest BCUT2D eigenvalue weighted by molar-refractivity contribution is 7.98. The smallest absolute Gasteiger partial charge is 0.130 e. The minimum Gasteiger partial charge on any atom is -0.383 e. The fourth-order valence-corrected chi connectivity index (χ4v) is 2.40. The van der Waals surface area contributed by atoms with Gasteiger partial charge >= 0.3 is 0 Å². The molecule has 0 aliphatic carbocycles. The molecular formula is C14H12ClFOS. The first-order chi connectivity index (χ1) is 8.63. The van der Waals surface area contributed by atoms with Gasteiger partial charge in [0.1, 0.15) is 11.9 Å². The van der Waals surface area contributed by atoms with Crippen LogP contribution in [-0.4, -0.2) is 11.4 Å². The van der Waals surface area contributed by atoms with Crippen LogP contribution in [0.5, 0.6) is 0 Å². The van der Waals surface area contributed by atoms with Crippen LogP contribution in [0.15, 0.2) is 47.4 Å². The number of rotatable bonds is 3. The number of thioether (sulfide) groups is 1. The molecule has 2 rings (SSSR count). The van der Waals surface area contributed by atoms with Gasteiger partial charge in [0.15, 0.2) is 0 Å². The van der Waals surface area contributed by atoms with E-state index in [1.54, 1.807) is 30.0 Å². The van der Waals surface area contributed by atoms with E-state index in [9.17, 15) is 9.50 Å². The third-order valence-corrected chi connectivity index (χ3v) is 3.78. The molecule has 4 heteroatoms. The molecular weight excluding hydrogens is 271 g/mol. The van der Waals surface area contributed by atoms with Crippen molar-refractivity contribution >= 4 is 23.4 Å².